The summed E-state index contributed by atoms with van der Waals surface area (Å²) in [6.07, 6.45) is 2.38. The molecule has 0 spiro atoms. The van der Waals surface area contributed by atoms with Gasteiger partial charge in [0.1, 0.15) is 11.8 Å². The molecule has 1 aromatic heterocycles. The minimum atomic E-state index is -1.18. The number of ether oxygens (including phenoxy) is 1. The standard InChI is InChI=1S/C27H41N7O5.ClH/c1-17(2)14-22(28)27(38)33-11-8-21-16-34(32-31-21)10-5-13-39-23-15-20(7-6-18(23)3)25(36)30-24(19(4)35)26(37)29-9-12-33;/h6-7,15-17,19,22,24,35H,5,8-14,28H2,1-4H3,(H,29,37)(H,30,36);1H/t19-,22-,24+;/m1./s1. The van der Waals surface area contributed by atoms with Crippen molar-refractivity contribution >= 4 is 30.1 Å². The van der Waals surface area contributed by atoms with Crippen molar-refractivity contribution in [2.45, 2.75) is 71.7 Å². The molecule has 222 valence electrons. The normalized spacial score (nSPS) is 19.0. The number of fused-ring (bicyclic) bond motifs is 4. The van der Waals surface area contributed by atoms with E-state index in [1.807, 2.05) is 27.0 Å². The first kappa shape index (κ1) is 33.0. The molecule has 3 amide bonds. The zero-order valence-electron chi connectivity index (χ0n) is 23.6. The van der Waals surface area contributed by atoms with Crippen molar-refractivity contribution in [3.63, 3.8) is 0 Å². The first-order valence-corrected chi connectivity index (χ1v) is 13.5. The van der Waals surface area contributed by atoms with Gasteiger partial charge < -0.3 is 31.1 Å². The zero-order valence-corrected chi connectivity index (χ0v) is 24.4. The molecule has 5 N–H and O–H groups in total. The van der Waals surface area contributed by atoms with Crippen molar-refractivity contribution in [1.82, 2.24) is 30.5 Å². The van der Waals surface area contributed by atoms with Crippen LogP contribution in [0.25, 0.3) is 0 Å². The highest BCUT2D eigenvalue weighted by Crippen LogP contribution is 2.20. The highest BCUT2D eigenvalue weighted by Gasteiger charge is 2.27. The fourth-order valence-electron chi connectivity index (χ4n) is 4.35. The Labute approximate surface area is 241 Å². The summed E-state index contributed by atoms with van der Waals surface area (Å²) in [7, 11) is 0. The van der Waals surface area contributed by atoms with Crippen molar-refractivity contribution in [1.29, 1.82) is 0 Å². The number of aliphatic hydroxyl groups is 1. The summed E-state index contributed by atoms with van der Waals surface area (Å²) < 4.78 is 7.65. The van der Waals surface area contributed by atoms with Crippen molar-refractivity contribution in [2.75, 3.05) is 26.2 Å². The van der Waals surface area contributed by atoms with E-state index in [4.69, 9.17) is 10.5 Å². The van der Waals surface area contributed by atoms with Gasteiger partial charge in [0.2, 0.25) is 11.8 Å². The molecule has 1 aliphatic heterocycles. The number of amides is 3. The monoisotopic (exact) mass is 579 g/mol. The van der Waals surface area contributed by atoms with Gasteiger partial charge in [-0.2, -0.15) is 0 Å². The number of hydrogen-bond acceptors (Lipinski definition) is 8. The predicted octanol–water partition coefficient (Wildman–Crippen LogP) is 0.831. The maximum absolute atomic E-state index is 13.1. The van der Waals surface area contributed by atoms with Gasteiger partial charge in [0.05, 0.1) is 24.4 Å². The minimum absolute atomic E-state index is 0. The Kier molecular flexibility index (Phi) is 12.8. The van der Waals surface area contributed by atoms with Gasteiger partial charge in [0.25, 0.3) is 5.91 Å². The molecule has 2 heterocycles. The van der Waals surface area contributed by atoms with Crippen molar-refractivity contribution in [3.8, 4) is 5.75 Å². The third-order valence-corrected chi connectivity index (χ3v) is 6.55. The topological polar surface area (TPSA) is 165 Å². The Morgan fingerprint density at radius 2 is 1.98 bits per heavy atom. The lowest BCUT2D eigenvalue weighted by Crippen LogP contribution is -2.54. The van der Waals surface area contributed by atoms with Gasteiger partial charge in [0.15, 0.2) is 0 Å². The second-order valence-electron chi connectivity index (χ2n) is 10.4. The van der Waals surface area contributed by atoms with Crippen LogP contribution in [0.1, 0.15) is 55.2 Å². The summed E-state index contributed by atoms with van der Waals surface area (Å²) in [5, 5.41) is 24.0. The Hall–Kier alpha value is -3.22. The molecule has 0 radical (unpaired) electrons. The van der Waals surface area contributed by atoms with E-state index in [1.165, 1.54) is 6.92 Å². The second-order valence-corrected chi connectivity index (χ2v) is 10.4. The zero-order chi connectivity index (χ0) is 28.5. The molecule has 3 atom stereocenters. The van der Waals surface area contributed by atoms with Gasteiger partial charge in [-0.3, -0.25) is 19.1 Å². The summed E-state index contributed by atoms with van der Waals surface area (Å²) in [5.41, 5.74) is 8.10. The van der Waals surface area contributed by atoms with Crippen LogP contribution in [0.4, 0.5) is 0 Å². The van der Waals surface area contributed by atoms with Gasteiger partial charge in [0, 0.05) is 50.8 Å². The van der Waals surface area contributed by atoms with E-state index in [2.05, 4.69) is 20.9 Å². The van der Waals surface area contributed by atoms with Gasteiger partial charge in [-0.15, -0.1) is 17.5 Å². The van der Waals surface area contributed by atoms with Crippen LogP contribution in [0.5, 0.6) is 5.75 Å². The number of nitrogens with two attached hydrogens (primary N) is 1. The van der Waals surface area contributed by atoms with Crippen LogP contribution < -0.4 is 21.1 Å². The Morgan fingerprint density at radius 3 is 2.67 bits per heavy atom. The van der Waals surface area contributed by atoms with Crippen molar-refractivity contribution in [2.24, 2.45) is 11.7 Å². The smallest absolute Gasteiger partial charge is 0.252 e. The third kappa shape index (κ3) is 9.46. The lowest BCUT2D eigenvalue weighted by molar-refractivity contribution is -0.133. The molecule has 1 aromatic carbocycles. The van der Waals surface area contributed by atoms with E-state index in [1.54, 1.807) is 27.8 Å². The van der Waals surface area contributed by atoms with E-state index >= 15 is 0 Å². The number of aryl methyl sites for hydroxylation is 2. The number of halogens is 1. The Morgan fingerprint density at radius 1 is 1.23 bits per heavy atom. The van der Waals surface area contributed by atoms with Gasteiger partial charge in [-0.05, 0) is 43.9 Å². The van der Waals surface area contributed by atoms with Crippen LogP contribution in [0.15, 0.2) is 24.4 Å². The molecule has 12 nitrogen and oxygen atoms in total. The number of benzene rings is 1. The van der Waals surface area contributed by atoms with Gasteiger partial charge in [-0.25, -0.2) is 0 Å². The fourth-order valence-corrected chi connectivity index (χ4v) is 4.35. The molecule has 4 bridgehead atoms. The van der Waals surface area contributed by atoms with Crippen LogP contribution in [0, 0.1) is 12.8 Å². The third-order valence-electron chi connectivity index (χ3n) is 6.55. The first-order chi connectivity index (χ1) is 18.5. The molecule has 0 unspecified atom stereocenters. The number of rotatable bonds is 4. The number of carbonyl (C=O) groups is 3. The average Bonchev–Trinajstić information content (AvgIpc) is 3.33. The van der Waals surface area contributed by atoms with E-state index in [0.29, 0.717) is 50.3 Å². The maximum Gasteiger partial charge on any atom is 0.252 e. The predicted molar refractivity (Wildman–Crippen MR) is 152 cm³/mol. The number of aliphatic hydroxyl groups excluding tert-OH is 1. The lowest BCUT2D eigenvalue weighted by Gasteiger charge is -2.27. The van der Waals surface area contributed by atoms with E-state index < -0.39 is 30.0 Å². The Bertz CT molecular complexity index is 1140. The molecule has 2 aromatic rings. The number of hydrogen-bond donors (Lipinski definition) is 4. The molecule has 40 heavy (non-hydrogen) atoms. The van der Waals surface area contributed by atoms with E-state index in [0.717, 1.165) is 11.3 Å². The first-order valence-electron chi connectivity index (χ1n) is 13.5. The minimum Gasteiger partial charge on any atom is -0.493 e. The summed E-state index contributed by atoms with van der Waals surface area (Å²) in [6.45, 7) is 9.00. The summed E-state index contributed by atoms with van der Waals surface area (Å²) in [4.78, 5) is 40.6. The van der Waals surface area contributed by atoms with Crippen LogP contribution in [0.3, 0.4) is 0 Å². The number of nitrogens with one attached hydrogen (secondary N) is 2. The van der Waals surface area contributed by atoms with E-state index in [9.17, 15) is 19.5 Å². The summed E-state index contributed by atoms with van der Waals surface area (Å²) in [5.74, 6) is -0.462. The summed E-state index contributed by atoms with van der Waals surface area (Å²) in [6, 6.07) is 3.19. The quantitative estimate of drug-likeness (QED) is 0.413. The molecule has 3 rings (SSSR count). The average molecular weight is 580 g/mol. The molecule has 0 aliphatic carbocycles. The van der Waals surface area contributed by atoms with Crippen LogP contribution in [-0.2, 0) is 22.6 Å². The van der Waals surface area contributed by atoms with Crippen molar-refractivity contribution in [3.05, 3.63) is 41.2 Å². The molecular weight excluding hydrogens is 538 g/mol. The molecular formula is C27H42ClN7O5. The van der Waals surface area contributed by atoms with Crippen LogP contribution >= 0.6 is 12.4 Å². The van der Waals surface area contributed by atoms with Crippen molar-refractivity contribution < 1.29 is 24.2 Å². The Balaban J connectivity index is 0.00000560. The van der Waals surface area contributed by atoms with Crippen LogP contribution in [0.2, 0.25) is 0 Å². The lowest BCUT2D eigenvalue weighted by atomic mass is 10.0. The number of nitrogens with zero attached hydrogens (tertiary/aromatic N) is 4. The van der Waals surface area contributed by atoms with Gasteiger partial charge >= 0.3 is 0 Å². The highest BCUT2D eigenvalue weighted by atomic mass is 35.5. The molecule has 13 heteroatoms. The molecule has 0 saturated heterocycles. The molecule has 0 saturated carbocycles. The largest absolute Gasteiger partial charge is 0.493 e. The van der Waals surface area contributed by atoms with E-state index in [-0.39, 0.29) is 37.3 Å². The van der Waals surface area contributed by atoms with Gasteiger partial charge in [-0.1, -0.05) is 25.1 Å². The second kappa shape index (κ2) is 15.5. The molecule has 0 fully saturated rings. The summed E-state index contributed by atoms with van der Waals surface area (Å²) >= 11 is 0. The maximum atomic E-state index is 13.1. The highest BCUT2D eigenvalue weighted by molar-refractivity contribution is 5.98. The SMILES string of the molecule is Cc1ccc2cc1OCCCn1cc(nn1)CCN(C(=O)[C@H](N)CC(C)C)CCNC(=O)[C@H]([C@@H](C)O)NC2=O.Cl. The van der Waals surface area contributed by atoms with Crippen LogP contribution in [-0.4, -0.2) is 87.2 Å². The fraction of sp³-hybridized carbons (Fsp3) is 0.593. The number of carbonyl (C=O) groups excluding carboxylic acids is 3. The number of aromatic nitrogens is 3. The molecule has 1 aliphatic rings.